The molecule has 1 aliphatic heterocycles. The lowest BCUT2D eigenvalue weighted by atomic mass is 10.1. The number of hydrogen-bond donors (Lipinski definition) is 1. The van der Waals surface area contributed by atoms with E-state index in [1.807, 2.05) is 25.1 Å². The molecule has 0 radical (unpaired) electrons. The molecule has 2 aromatic rings. The van der Waals surface area contributed by atoms with Crippen LogP contribution in [0.15, 0.2) is 36.4 Å². The number of amides is 1. The fraction of sp³-hybridized carbons (Fsp3) is 0.381. The second kappa shape index (κ2) is 8.13. The Labute approximate surface area is 154 Å². The minimum Gasteiger partial charge on any atom is -0.493 e. The average Bonchev–Trinajstić information content (AvgIpc) is 3.18. The summed E-state index contributed by atoms with van der Waals surface area (Å²) >= 11 is 0. The molecular weight excluding hydrogens is 328 g/mol. The van der Waals surface area contributed by atoms with Gasteiger partial charge in [0.15, 0.2) is 11.5 Å². The standard InChI is InChI=1S/C21H26N2O3/c1-15-6-8-17(23-10-4-5-11-23)14-18(15)22-21(24)13-16-7-9-19(25-2)20(12-16)26-3/h6-9,12,14H,4-5,10-11,13H2,1-3H3,(H,22,24). The minimum atomic E-state index is -0.0427. The quantitative estimate of drug-likeness (QED) is 0.857. The van der Waals surface area contributed by atoms with Gasteiger partial charge in [-0.2, -0.15) is 0 Å². The molecule has 0 bridgehead atoms. The Balaban J connectivity index is 1.70. The van der Waals surface area contributed by atoms with Crippen molar-refractivity contribution in [2.75, 3.05) is 37.5 Å². The number of anilines is 2. The Kier molecular flexibility index (Phi) is 5.66. The number of carbonyl (C=O) groups excluding carboxylic acids is 1. The Hall–Kier alpha value is -2.69. The van der Waals surface area contributed by atoms with Gasteiger partial charge in [0.2, 0.25) is 5.91 Å². The molecule has 1 fully saturated rings. The molecule has 3 rings (SSSR count). The Morgan fingerprint density at radius 2 is 1.77 bits per heavy atom. The van der Waals surface area contributed by atoms with Crippen LogP contribution in [0.3, 0.4) is 0 Å². The highest BCUT2D eigenvalue weighted by atomic mass is 16.5. The maximum Gasteiger partial charge on any atom is 0.228 e. The molecule has 0 spiro atoms. The van der Waals surface area contributed by atoms with Crippen molar-refractivity contribution in [1.82, 2.24) is 0 Å². The molecule has 0 aromatic heterocycles. The van der Waals surface area contributed by atoms with Gasteiger partial charge in [-0.15, -0.1) is 0 Å². The van der Waals surface area contributed by atoms with E-state index >= 15 is 0 Å². The van der Waals surface area contributed by atoms with Crippen LogP contribution in [0.4, 0.5) is 11.4 Å². The monoisotopic (exact) mass is 354 g/mol. The van der Waals surface area contributed by atoms with Gasteiger partial charge in [0.25, 0.3) is 0 Å². The Bertz CT molecular complexity index is 783. The molecule has 0 aliphatic carbocycles. The van der Waals surface area contributed by atoms with Gasteiger partial charge in [-0.1, -0.05) is 12.1 Å². The smallest absolute Gasteiger partial charge is 0.228 e. The number of nitrogens with zero attached hydrogens (tertiary/aromatic N) is 1. The first-order valence-corrected chi connectivity index (χ1v) is 8.97. The van der Waals surface area contributed by atoms with Crippen LogP contribution >= 0.6 is 0 Å². The molecule has 5 nitrogen and oxygen atoms in total. The molecular formula is C21H26N2O3. The normalized spacial score (nSPS) is 13.6. The molecule has 1 saturated heterocycles. The van der Waals surface area contributed by atoms with Crippen LogP contribution in [0.25, 0.3) is 0 Å². The lowest BCUT2D eigenvalue weighted by molar-refractivity contribution is -0.115. The molecule has 1 N–H and O–H groups in total. The molecule has 2 aromatic carbocycles. The maximum atomic E-state index is 12.5. The summed E-state index contributed by atoms with van der Waals surface area (Å²) in [6, 6.07) is 11.8. The first-order chi connectivity index (χ1) is 12.6. The number of benzene rings is 2. The van der Waals surface area contributed by atoms with E-state index < -0.39 is 0 Å². The summed E-state index contributed by atoms with van der Waals surface area (Å²) in [5.74, 6) is 1.25. The van der Waals surface area contributed by atoms with Gasteiger partial charge in [0.05, 0.1) is 20.6 Å². The summed E-state index contributed by atoms with van der Waals surface area (Å²) in [5, 5.41) is 3.05. The van der Waals surface area contributed by atoms with Crippen molar-refractivity contribution >= 4 is 17.3 Å². The van der Waals surface area contributed by atoms with Gasteiger partial charge in [-0.05, 0) is 55.2 Å². The second-order valence-corrected chi connectivity index (χ2v) is 6.61. The topological polar surface area (TPSA) is 50.8 Å². The van der Waals surface area contributed by atoms with Gasteiger partial charge in [-0.25, -0.2) is 0 Å². The van der Waals surface area contributed by atoms with Gasteiger partial charge >= 0.3 is 0 Å². The van der Waals surface area contributed by atoms with Crippen molar-refractivity contribution < 1.29 is 14.3 Å². The third-order valence-electron chi connectivity index (χ3n) is 4.78. The van der Waals surface area contributed by atoms with E-state index in [0.29, 0.717) is 11.5 Å². The van der Waals surface area contributed by atoms with Crippen molar-refractivity contribution in [1.29, 1.82) is 0 Å². The van der Waals surface area contributed by atoms with Crippen molar-refractivity contribution in [2.24, 2.45) is 0 Å². The van der Waals surface area contributed by atoms with E-state index in [2.05, 4.69) is 28.4 Å². The van der Waals surface area contributed by atoms with Crippen molar-refractivity contribution in [3.63, 3.8) is 0 Å². The molecule has 0 unspecified atom stereocenters. The van der Waals surface area contributed by atoms with E-state index in [4.69, 9.17) is 9.47 Å². The van der Waals surface area contributed by atoms with Crippen LogP contribution in [-0.4, -0.2) is 33.2 Å². The first-order valence-electron chi connectivity index (χ1n) is 8.97. The zero-order valence-corrected chi connectivity index (χ0v) is 15.7. The highest BCUT2D eigenvalue weighted by Gasteiger charge is 2.14. The molecule has 1 aliphatic rings. The van der Waals surface area contributed by atoms with Crippen molar-refractivity contribution in [3.05, 3.63) is 47.5 Å². The number of ether oxygens (including phenoxy) is 2. The highest BCUT2D eigenvalue weighted by Crippen LogP contribution is 2.29. The van der Waals surface area contributed by atoms with Crippen molar-refractivity contribution in [3.8, 4) is 11.5 Å². The molecule has 1 amide bonds. The second-order valence-electron chi connectivity index (χ2n) is 6.61. The third kappa shape index (κ3) is 4.10. The van der Waals surface area contributed by atoms with Crippen LogP contribution in [0, 0.1) is 6.92 Å². The predicted octanol–water partition coefficient (Wildman–Crippen LogP) is 3.79. The van der Waals surface area contributed by atoms with Crippen LogP contribution in [0.5, 0.6) is 11.5 Å². The predicted molar refractivity (Wildman–Crippen MR) is 105 cm³/mol. The zero-order valence-electron chi connectivity index (χ0n) is 15.7. The summed E-state index contributed by atoms with van der Waals surface area (Å²) < 4.78 is 10.5. The number of methoxy groups -OCH3 is 2. The van der Waals surface area contributed by atoms with Gasteiger partial charge < -0.3 is 19.7 Å². The zero-order chi connectivity index (χ0) is 18.5. The number of carbonyl (C=O) groups is 1. The number of rotatable bonds is 6. The largest absolute Gasteiger partial charge is 0.493 e. The van der Waals surface area contributed by atoms with Gasteiger partial charge in [-0.3, -0.25) is 4.79 Å². The minimum absolute atomic E-state index is 0.0427. The summed E-state index contributed by atoms with van der Waals surface area (Å²) in [4.78, 5) is 14.9. The summed E-state index contributed by atoms with van der Waals surface area (Å²) in [7, 11) is 3.19. The third-order valence-corrected chi connectivity index (χ3v) is 4.78. The number of nitrogens with one attached hydrogen (secondary N) is 1. The number of hydrogen-bond acceptors (Lipinski definition) is 4. The SMILES string of the molecule is COc1ccc(CC(=O)Nc2cc(N3CCCC3)ccc2C)cc1OC. The summed E-state index contributed by atoms with van der Waals surface area (Å²) in [6.07, 6.45) is 2.75. The molecule has 138 valence electrons. The highest BCUT2D eigenvalue weighted by molar-refractivity contribution is 5.93. The van der Waals surface area contributed by atoms with E-state index in [1.54, 1.807) is 14.2 Å². The lowest BCUT2D eigenvalue weighted by Crippen LogP contribution is -2.19. The van der Waals surface area contributed by atoms with Crippen LogP contribution in [0.2, 0.25) is 0 Å². The van der Waals surface area contributed by atoms with Crippen molar-refractivity contribution in [2.45, 2.75) is 26.2 Å². The fourth-order valence-corrected chi connectivity index (χ4v) is 3.29. The van der Waals surface area contributed by atoms with E-state index in [9.17, 15) is 4.79 Å². The Morgan fingerprint density at radius 1 is 1.04 bits per heavy atom. The van der Waals surface area contributed by atoms with Gasteiger partial charge in [0, 0.05) is 24.5 Å². The Morgan fingerprint density at radius 3 is 2.46 bits per heavy atom. The molecule has 26 heavy (non-hydrogen) atoms. The van der Waals surface area contributed by atoms with Crippen LogP contribution in [0.1, 0.15) is 24.0 Å². The lowest BCUT2D eigenvalue weighted by Gasteiger charge is -2.19. The fourth-order valence-electron chi connectivity index (χ4n) is 3.29. The molecule has 0 atom stereocenters. The van der Waals surface area contributed by atoms with Gasteiger partial charge in [0.1, 0.15) is 0 Å². The summed E-state index contributed by atoms with van der Waals surface area (Å²) in [6.45, 7) is 4.18. The van der Waals surface area contributed by atoms with Crippen LogP contribution in [-0.2, 0) is 11.2 Å². The van der Waals surface area contributed by atoms with E-state index in [1.165, 1.54) is 18.5 Å². The first kappa shape index (κ1) is 18.1. The molecule has 5 heteroatoms. The average molecular weight is 354 g/mol. The number of aryl methyl sites for hydroxylation is 1. The molecule has 0 saturated carbocycles. The van der Waals surface area contributed by atoms with E-state index in [-0.39, 0.29) is 12.3 Å². The maximum absolute atomic E-state index is 12.5. The summed E-state index contributed by atoms with van der Waals surface area (Å²) in [5.41, 5.74) is 4.00. The van der Waals surface area contributed by atoms with Crippen LogP contribution < -0.4 is 19.7 Å². The van der Waals surface area contributed by atoms with E-state index in [0.717, 1.165) is 29.9 Å². The molecule has 1 heterocycles.